The largest absolute Gasteiger partial charge is 0.198 e. The number of hydrogen-bond acceptors (Lipinski definition) is 1. The topological polar surface area (TPSA) is 23.8 Å². The number of nitrogens with zero attached hydrogens (tertiary/aromatic N) is 1. The lowest BCUT2D eigenvalue weighted by Crippen LogP contribution is -2.09. The maximum absolute atomic E-state index is 9.55. The molecule has 2 aromatic carbocycles. The highest BCUT2D eigenvalue weighted by Crippen LogP contribution is 2.35. The lowest BCUT2D eigenvalue weighted by atomic mass is 9.80. The van der Waals surface area contributed by atoms with Crippen molar-refractivity contribution < 1.29 is 0 Å². The van der Waals surface area contributed by atoms with Crippen LogP contribution in [0.3, 0.4) is 0 Å². The molecule has 0 amide bonds. The molecule has 0 aromatic heterocycles. The van der Waals surface area contributed by atoms with E-state index >= 15 is 0 Å². The van der Waals surface area contributed by atoms with E-state index in [4.69, 9.17) is 0 Å². The Kier molecular flexibility index (Phi) is 4.53. The fourth-order valence-corrected chi connectivity index (χ4v) is 2.40. The van der Waals surface area contributed by atoms with Gasteiger partial charge in [0.15, 0.2) is 0 Å². The maximum Gasteiger partial charge on any atom is 0.0784 e. The summed E-state index contributed by atoms with van der Waals surface area (Å²) < 4.78 is 0. The van der Waals surface area contributed by atoms with Gasteiger partial charge in [-0.05, 0) is 17.5 Å². The first-order valence-electron chi connectivity index (χ1n) is 6.47. The van der Waals surface area contributed by atoms with Gasteiger partial charge in [-0.25, -0.2) is 0 Å². The van der Waals surface area contributed by atoms with Gasteiger partial charge in [0.05, 0.1) is 12.0 Å². The van der Waals surface area contributed by atoms with Crippen molar-refractivity contribution in [1.29, 1.82) is 5.26 Å². The summed E-state index contributed by atoms with van der Waals surface area (Å²) in [6.07, 6.45) is 2.70. The Labute approximate surface area is 114 Å². The van der Waals surface area contributed by atoms with Crippen molar-refractivity contribution in [2.75, 3.05) is 0 Å². The van der Waals surface area contributed by atoms with Crippen molar-refractivity contribution in [3.8, 4) is 6.07 Å². The third kappa shape index (κ3) is 3.11. The van der Waals surface area contributed by atoms with Crippen LogP contribution in [0.25, 0.3) is 0 Å². The average Bonchev–Trinajstić information content (AvgIpc) is 2.49. The maximum atomic E-state index is 9.55. The van der Waals surface area contributed by atoms with Crippen molar-refractivity contribution in [2.45, 2.75) is 18.3 Å². The molecule has 0 bridgehead atoms. The molecular formula is C18H17N. The van der Waals surface area contributed by atoms with Crippen molar-refractivity contribution in [3.05, 3.63) is 84.4 Å². The predicted octanol–water partition coefficient (Wildman–Crippen LogP) is 4.65. The highest BCUT2D eigenvalue weighted by Gasteiger charge is 2.23. The minimum Gasteiger partial charge on any atom is -0.198 e. The summed E-state index contributed by atoms with van der Waals surface area (Å²) >= 11 is 0. The van der Waals surface area contributed by atoms with Crippen molar-refractivity contribution in [1.82, 2.24) is 0 Å². The van der Waals surface area contributed by atoms with E-state index in [0.717, 1.165) is 12.0 Å². The zero-order valence-corrected chi connectivity index (χ0v) is 10.9. The zero-order chi connectivity index (χ0) is 13.5. The van der Waals surface area contributed by atoms with Gasteiger partial charge in [0, 0.05) is 5.92 Å². The first-order valence-corrected chi connectivity index (χ1v) is 6.47. The highest BCUT2D eigenvalue weighted by atomic mass is 14.3. The Morgan fingerprint density at radius 2 is 1.47 bits per heavy atom. The fourth-order valence-electron chi connectivity index (χ4n) is 2.40. The average molecular weight is 247 g/mol. The van der Waals surface area contributed by atoms with Crippen LogP contribution in [0.4, 0.5) is 0 Å². The van der Waals surface area contributed by atoms with Crippen LogP contribution in [-0.2, 0) is 0 Å². The molecule has 0 N–H and O–H groups in total. The molecule has 0 aliphatic rings. The molecule has 0 heterocycles. The van der Waals surface area contributed by atoms with Gasteiger partial charge >= 0.3 is 0 Å². The summed E-state index contributed by atoms with van der Waals surface area (Å²) in [6, 6.07) is 22.6. The Morgan fingerprint density at radius 3 is 1.95 bits per heavy atom. The van der Waals surface area contributed by atoms with Gasteiger partial charge in [-0.15, -0.1) is 6.58 Å². The van der Waals surface area contributed by atoms with Crippen LogP contribution in [0, 0.1) is 11.3 Å². The van der Waals surface area contributed by atoms with E-state index in [-0.39, 0.29) is 11.8 Å². The summed E-state index contributed by atoms with van der Waals surface area (Å²) in [5, 5.41) is 9.55. The van der Waals surface area contributed by atoms with Gasteiger partial charge in [-0.1, -0.05) is 66.7 Å². The van der Waals surface area contributed by atoms with E-state index in [9.17, 15) is 5.26 Å². The van der Waals surface area contributed by atoms with E-state index in [2.05, 4.69) is 24.8 Å². The Hall–Kier alpha value is -2.33. The van der Waals surface area contributed by atoms with Crippen molar-refractivity contribution >= 4 is 0 Å². The smallest absolute Gasteiger partial charge is 0.0784 e. The molecule has 0 saturated heterocycles. The molecule has 94 valence electrons. The van der Waals surface area contributed by atoms with Crippen LogP contribution < -0.4 is 0 Å². The van der Waals surface area contributed by atoms with Gasteiger partial charge in [-0.2, -0.15) is 5.26 Å². The van der Waals surface area contributed by atoms with Crippen LogP contribution >= 0.6 is 0 Å². The number of hydrogen-bond donors (Lipinski definition) is 0. The summed E-state index contributed by atoms with van der Waals surface area (Å²) in [4.78, 5) is 0. The van der Waals surface area contributed by atoms with E-state index in [1.165, 1.54) is 5.56 Å². The second kappa shape index (κ2) is 6.56. The summed E-state index contributed by atoms with van der Waals surface area (Å²) in [7, 11) is 0. The van der Waals surface area contributed by atoms with Crippen LogP contribution in [-0.4, -0.2) is 0 Å². The SMILES string of the molecule is C=CCC(c1ccccc1)C(C#N)c1ccccc1. The Bertz CT molecular complexity index is 551. The zero-order valence-electron chi connectivity index (χ0n) is 10.9. The molecule has 2 atom stereocenters. The molecule has 2 rings (SSSR count). The molecule has 0 aliphatic carbocycles. The molecule has 0 spiro atoms. The molecule has 0 radical (unpaired) electrons. The lowest BCUT2D eigenvalue weighted by Gasteiger charge is -2.21. The minimum atomic E-state index is -0.137. The van der Waals surface area contributed by atoms with E-state index < -0.39 is 0 Å². The van der Waals surface area contributed by atoms with Gasteiger partial charge in [0.2, 0.25) is 0 Å². The molecule has 2 unspecified atom stereocenters. The van der Waals surface area contributed by atoms with Crippen LogP contribution in [0.5, 0.6) is 0 Å². The molecule has 1 nitrogen and oxygen atoms in total. The highest BCUT2D eigenvalue weighted by molar-refractivity contribution is 5.33. The third-order valence-electron chi connectivity index (χ3n) is 3.35. The number of rotatable bonds is 5. The third-order valence-corrected chi connectivity index (χ3v) is 3.35. The summed E-state index contributed by atoms with van der Waals surface area (Å²) in [5.74, 6) is 0.0210. The number of benzene rings is 2. The number of nitriles is 1. The standard InChI is InChI=1S/C18H17N/c1-2-9-17(15-10-5-3-6-11-15)18(14-19)16-12-7-4-8-13-16/h2-8,10-13,17-18H,1,9H2. The van der Waals surface area contributed by atoms with E-state index in [1.807, 2.05) is 54.6 Å². The normalized spacial score (nSPS) is 13.2. The Morgan fingerprint density at radius 1 is 0.947 bits per heavy atom. The summed E-state index contributed by atoms with van der Waals surface area (Å²) in [6.45, 7) is 3.83. The van der Waals surface area contributed by atoms with Crippen molar-refractivity contribution in [2.24, 2.45) is 0 Å². The minimum absolute atomic E-state index is 0.137. The molecule has 19 heavy (non-hydrogen) atoms. The molecule has 0 saturated carbocycles. The predicted molar refractivity (Wildman–Crippen MR) is 78.8 cm³/mol. The van der Waals surface area contributed by atoms with Crippen molar-refractivity contribution in [3.63, 3.8) is 0 Å². The molecular weight excluding hydrogens is 230 g/mol. The summed E-state index contributed by atoms with van der Waals surface area (Å²) in [5.41, 5.74) is 2.26. The van der Waals surface area contributed by atoms with Crippen LogP contribution in [0.2, 0.25) is 0 Å². The quantitative estimate of drug-likeness (QED) is 0.705. The van der Waals surface area contributed by atoms with Gasteiger partial charge in [-0.3, -0.25) is 0 Å². The van der Waals surface area contributed by atoms with Crippen LogP contribution in [0.1, 0.15) is 29.4 Å². The number of allylic oxidation sites excluding steroid dienone is 1. The van der Waals surface area contributed by atoms with Gasteiger partial charge < -0.3 is 0 Å². The van der Waals surface area contributed by atoms with E-state index in [0.29, 0.717) is 0 Å². The molecule has 0 fully saturated rings. The van der Waals surface area contributed by atoms with Crippen LogP contribution in [0.15, 0.2) is 73.3 Å². The Balaban J connectivity index is 2.38. The first kappa shape index (κ1) is 13.1. The molecule has 2 aromatic rings. The molecule has 0 aliphatic heterocycles. The fraction of sp³-hybridized carbons (Fsp3) is 0.167. The lowest BCUT2D eigenvalue weighted by molar-refractivity contribution is 0.636. The second-order valence-corrected chi connectivity index (χ2v) is 4.56. The second-order valence-electron chi connectivity index (χ2n) is 4.56. The first-order chi connectivity index (χ1) is 9.36. The van der Waals surface area contributed by atoms with Gasteiger partial charge in [0.1, 0.15) is 0 Å². The molecule has 1 heteroatoms. The monoisotopic (exact) mass is 247 g/mol. The van der Waals surface area contributed by atoms with Gasteiger partial charge in [0.25, 0.3) is 0 Å². The van der Waals surface area contributed by atoms with E-state index in [1.54, 1.807) is 0 Å².